The topological polar surface area (TPSA) is 32.3 Å². The molecule has 0 aromatic heterocycles. The van der Waals surface area contributed by atoms with E-state index in [1.807, 2.05) is 0 Å². The largest absolute Gasteiger partial charge is 0.335 e. The Morgan fingerprint density at radius 2 is 2.04 bits per heavy atom. The van der Waals surface area contributed by atoms with Crippen molar-refractivity contribution in [3.8, 4) is 0 Å². The lowest BCUT2D eigenvalue weighted by Gasteiger charge is -2.30. The Morgan fingerprint density at radius 1 is 1.25 bits per heavy atom. The van der Waals surface area contributed by atoms with Crippen LogP contribution in [0.15, 0.2) is 18.2 Å². The molecule has 1 N–H and O–H groups in total. The van der Waals surface area contributed by atoms with Gasteiger partial charge in [-0.2, -0.15) is 0 Å². The van der Waals surface area contributed by atoms with Crippen LogP contribution in [-0.4, -0.2) is 29.9 Å². The molecule has 1 aromatic rings. The Labute approximate surface area is 146 Å². The van der Waals surface area contributed by atoms with E-state index in [0.29, 0.717) is 30.2 Å². The molecule has 0 bridgehead atoms. The van der Waals surface area contributed by atoms with Crippen molar-refractivity contribution in [1.29, 1.82) is 0 Å². The maximum Gasteiger partial charge on any atom is 0.223 e. The fourth-order valence-corrected chi connectivity index (χ4v) is 3.83. The van der Waals surface area contributed by atoms with E-state index in [4.69, 9.17) is 0 Å². The second-order valence-corrected chi connectivity index (χ2v) is 7.96. The number of hydrogen-bond acceptors (Lipinski definition) is 2. The van der Waals surface area contributed by atoms with Crippen LogP contribution in [0.5, 0.6) is 0 Å². The van der Waals surface area contributed by atoms with Crippen LogP contribution in [0.2, 0.25) is 0 Å². The van der Waals surface area contributed by atoms with Gasteiger partial charge in [-0.3, -0.25) is 4.79 Å². The predicted molar refractivity (Wildman–Crippen MR) is 98.9 cm³/mol. The van der Waals surface area contributed by atoms with Crippen molar-refractivity contribution < 1.29 is 4.79 Å². The van der Waals surface area contributed by atoms with Crippen molar-refractivity contribution >= 4 is 5.91 Å². The number of benzene rings is 1. The smallest absolute Gasteiger partial charge is 0.223 e. The van der Waals surface area contributed by atoms with Gasteiger partial charge >= 0.3 is 0 Å². The summed E-state index contributed by atoms with van der Waals surface area (Å²) in [6.07, 6.45) is 5.57. The lowest BCUT2D eigenvalue weighted by Crippen LogP contribution is -2.37. The minimum Gasteiger partial charge on any atom is -0.335 e. The van der Waals surface area contributed by atoms with Gasteiger partial charge in [0.1, 0.15) is 0 Å². The zero-order valence-electron chi connectivity index (χ0n) is 15.5. The molecule has 1 aliphatic heterocycles. The van der Waals surface area contributed by atoms with E-state index in [0.717, 1.165) is 19.6 Å². The number of nitrogens with one attached hydrogen (secondary N) is 1. The van der Waals surface area contributed by atoms with Gasteiger partial charge < -0.3 is 10.2 Å². The van der Waals surface area contributed by atoms with Gasteiger partial charge in [-0.25, -0.2) is 0 Å². The van der Waals surface area contributed by atoms with E-state index in [2.05, 4.69) is 49.2 Å². The fraction of sp³-hybridized carbons (Fsp3) is 0.667. The molecule has 0 spiro atoms. The third kappa shape index (κ3) is 4.38. The third-order valence-electron chi connectivity index (χ3n) is 5.87. The molecule has 132 valence electrons. The van der Waals surface area contributed by atoms with Crippen LogP contribution in [0.4, 0.5) is 0 Å². The summed E-state index contributed by atoms with van der Waals surface area (Å²) in [5.41, 5.74) is 3.91. The summed E-state index contributed by atoms with van der Waals surface area (Å²) < 4.78 is 0. The maximum atomic E-state index is 12.9. The van der Waals surface area contributed by atoms with E-state index >= 15 is 0 Å². The summed E-state index contributed by atoms with van der Waals surface area (Å²) in [6, 6.07) is 7.08. The van der Waals surface area contributed by atoms with Gasteiger partial charge in [-0.05, 0) is 81.1 Å². The van der Waals surface area contributed by atoms with E-state index in [-0.39, 0.29) is 0 Å². The summed E-state index contributed by atoms with van der Waals surface area (Å²) in [4.78, 5) is 15.1. The number of amides is 1. The van der Waals surface area contributed by atoms with Crippen LogP contribution in [0, 0.1) is 25.7 Å². The molecule has 2 atom stereocenters. The van der Waals surface area contributed by atoms with Gasteiger partial charge in [-0.15, -0.1) is 0 Å². The third-order valence-corrected chi connectivity index (χ3v) is 5.87. The lowest BCUT2D eigenvalue weighted by atomic mass is 9.85. The van der Waals surface area contributed by atoms with Gasteiger partial charge in [0, 0.05) is 19.0 Å². The van der Waals surface area contributed by atoms with Gasteiger partial charge in [0.15, 0.2) is 0 Å². The number of piperidine rings is 1. The minimum absolute atomic E-state index is 0.355. The average molecular weight is 329 g/mol. The van der Waals surface area contributed by atoms with Crippen molar-refractivity contribution in [2.24, 2.45) is 11.8 Å². The van der Waals surface area contributed by atoms with E-state index in [1.165, 1.54) is 42.4 Å². The predicted octanol–water partition coefficient (Wildman–Crippen LogP) is 3.82. The molecule has 3 heteroatoms. The van der Waals surface area contributed by atoms with Gasteiger partial charge in [0.2, 0.25) is 5.91 Å². The highest BCUT2D eigenvalue weighted by Crippen LogP contribution is 2.31. The molecule has 0 radical (unpaired) electrons. The van der Waals surface area contributed by atoms with Crippen molar-refractivity contribution in [3.63, 3.8) is 0 Å². The fourth-order valence-electron chi connectivity index (χ4n) is 3.83. The molecule has 24 heavy (non-hydrogen) atoms. The van der Waals surface area contributed by atoms with Gasteiger partial charge in [-0.1, -0.05) is 25.1 Å². The average Bonchev–Trinajstić information content (AvgIpc) is 3.41. The Balaban J connectivity index is 1.62. The molecule has 2 aliphatic rings. The van der Waals surface area contributed by atoms with Crippen molar-refractivity contribution in [1.82, 2.24) is 10.2 Å². The molecule has 2 fully saturated rings. The van der Waals surface area contributed by atoms with Gasteiger partial charge in [0.05, 0.1) is 0 Å². The van der Waals surface area contributed by atoms with Crippen LogP contribution in [0.1, 0.15) is 55.7 Å². The lowest BCUT2D eigenvalue weighted by molar-refractivity contribution is -0.133. The molecular weight excluding hydrogens is 296 g/mol. The standard InChI is InChI=1S/C21H32N2O/c1-15-6-7-18(11-16(15)2)14-23(20-8-9-20)21(24)12-17(3)19-5-4-10-22-13-19/h6-7,11,17,19-20,22H,4-5,8-10,12-14H2,1-3H3. The van der Waals surface area contributed by atoms with Gasteiger partial charge in [0.25, 0.3) is 0 Å². The minimum atomic E-state index is 0.355. The van der Waals surface area contributed by atoms with Crippen LogP contribution in [-0.2, 0) is 11.3 Å². The summed E-state index contributed by atoms with van der Waals surface area (Å²) >= 11 is 0. The first-order valence-electron chi connectivity index (χ1n) is 9.61. The van der Waals surface area contributed by atoms with Crippen molar-refractivity contribution in [2.45, 2.75) is 65.5 Å². The van der Waals surface area contributed by atoms with E-state index < -0.39 is 0 Å². The van der Waals surface area contributed by atoms with Crippen LogP contribution >= 0.6 is 0 Å². The van der Waals surface area contributed by atoms with Crippen LogP contribution in [0.25, 0.3) is 0 Å². The number of nitrogens with zero attached hydrogens (tertiary/aromatic N) is 1. The molecule has 1 aromatic carbocycles. The number of aryl methyl sites for hydroxylation is 2. The summed E-state index contributed by atoms with van der Waals surface area (Å²) in [6.45, 7) is 9.55. The molecule has 1 saturated carbocycles. The normalized spacial score (nSPS) is 22.2. The summed E-state index contributed by atoms with van der Waals surface area (Å²) in [5, 5.41) is 3.48. The quantitative estimate of drug-likeness (QED) is 0.861. The second kappa shape index (κ2) is 7.69. The number of rotatable bonds is 6. The first kappa shape index (κ1) is 17.5. The van der Waals surface area contributed by atoms with Crippen LogP contribution in [0.3, 0.4) is 0 Å². The molecule has 1 heterocycles. The Bertz CT molecular complexity index is 573. The first-order chi connectivity index (χ1) is 11.5. The second-order valence-electron chi connectivity index (χ2n) is 7.96. The van der Waals surface area contributed by atoms with Crippen LogP contribution < -0.4 is 5.32 Å². The monoisotopic (exact) mass is 328 g/mol. The molecule has 1 saturated heterocycles. The molecule has 1 aliphatic carbocycles. The van der Waals surface area contributed by atoms with Crippen molar-refractivity contribution in [3.05, 3.63) is 34.9 Å². The van der Waals surface area contributed by atoms with E-state index in [1.54, 1.807) is 0 Å². The Kier molecular flexibility index (Phi) is 5.60. The Hall–Kier alpha value is -1.35. The number of carbonyl (C=O) groups excluding carboxylic acids is 1. The zero-order valence-corrected chi connectivity index (χ0v) is 15.5. The molecule has 2 unspecified atom stereocenters. The zero-order chi connectivity index (χ0) is 17.1. The summed E-state index contributed by atoms with van der Waals surface area (Å²) in [5.74, 6) is 1.49. The Morgan fingerprint density at radius 3 is 2.67 bits per heavy atom. The molecular formula is C21H32N2O. The molecule has 1 amide bonds. The highest BCUT2D eigenvalue weighted by Gasteiger charge is 2.34. The first-order valence-corrected chi connectivity index (χ1v) is 9.61. The SMILES string of the molecule is Cc1ccc(CN(C(=O)CC(C)C2CCCNC2)C2CC2)cc1C. The highest BCUT2D eigenvalue weighted by atomic mass is 16.2. The van der Waals surface area contributed by atoms with Crippen molar-refractivity contribution in [2.75, 3.05) is 13.1 Å². The number of carbonyl (C=O) groups is 1. The maximum absolute atomic E-state index is 12.9. The molecule has 3 rings (SSSR count). The highest BCUT2D eigenvalue weighted by molar-refractivity contribution is 5.77. The summed E-state index contributed by atoms with van der Waals surface area (Å²) in [7, 11) is 0. The molecule has 3 nitrogen and oxygen atoms in total. The number of hydrogen-bond donors (Lipinski definition) is 1. The van der Waals surface area contributed by atoms with E-state index in [9.17, 15) is 4.79 Å².